The minimum atomic E-state index is -2.13. The Labute approximate surface area is 284 Å². The summed E-state index contributed by atoms with van der Waals surface area (Å²) in [6, 6.07) is 15.0. The van der Waals surface area contributed by atoms with Gasteiger partial charge in [0.1, 0.15) is 46.4 Å². The number of ketones is 1. The van der Waals surface area contributed by atoms with Crippen molar-refractivity contribution >= 4 is 5.78 Å². The van der Waals surface area contributed by atoms with Gasteiger partial charge in [0, 0.05) is 42.0 Å². The molecule has 49 heavy (non-hydrogen) atoms. The summed E-state index contributed by atoms with van der Waals surface area (Å²) < 4.78 is 51.2. The number of ether oxygens (including phenoxy) is 9. The average Bonchev–Trinajstić information content (AvgIpc) is 3.13. The fraction of sp³-hybridized carbons (Fsp3) is 0.324. The molecule has 0 saturated carbocycles. The first kappa shape index (κ1) is 35.3. The van der Waals surface area contributed by atoms with Gasteiger partial charge in [-0.3, -0.25) is 4.79 Å². The van der Waals surface area contributed by atoms with E-state index in [1.165, 1.54) is 49.8 Å². The predicted molar refractivity (Wildman–Crippen MR) is 179 cm³/mol. The van der Waals surface area contributed by atoms with Crippen molar-refractivity contribution in [3.8, 4) is 51.4 Å². The molecule has 0 unspecified atom stereocenters. The lowest BCUT2D eigenvalue weighted by Crippen LogP contribution is -2.47. The summed E-state index contributed by atoms with van der Waals surface area (Å²) in [5.41, 5.74) is 0.450. The lowest BCUT2D eigenvalue weighted by Gasteiger charge is -2.40. The normalized spacial score (nSPS) is 15.5. The van der Waals surface area contributed by atoms with E-state index in [9.17, 15) is 15.0 Å². The fourth-order valence-electron chi connectivity index (χ4n) is 6.33. The molecule has 0 aromatic heterocycles. The second-order valence-corrected chi connectivity index (χ2v) is 11.1. The third kappa shape index (κ3) is 5.86. The molecular weight excluding hydrogens is 636 g/mol. The van der Waals surface area contributed by atoms with E-state index in [1.807, 2.05) is 6.92 Å². The summed E-state index contributed by atoms with van der Waals surface area (Å²) in [5.74, 6) is 1.27. The Bertz CT molecular complexity index is 1830. The third-order valence-corrected chi connectivity index (χ3v) is 8.43. The molecule has 4 aromatic carbocycles. The highest BCUT2D eigenvalue weighted by Gasteiger charge is 2.56. The molecule has 1 aliphatic rings. The van der Waals surface area contributed by atoms with Crippen LogP contribution >= 0.6 is 0 Å². The number of aliphatic hydroxyl groups is 2. The van der Waals surface area contributed by atoms with E-state index in [0.717, 1.165) is 5.56 Å². The molecule has 0 bridgehead atoms. The van der Waals surface area contributed by atoms with Crippen LogP contribution in [0.2, 0.25) is 0 Å². The zero-order valence-corrected chi connectivity index (χ0v) is 28.7. The van der Waals surface area contributed by atoms with Gasteiger partial charge >= 0.3 is 0 Å². The number of aliphatic hydroxyl groups excluding tert-OH is 1. The van der Waals surface area contributed by atoms with Gasteiger partial charge in [-0.2, -0.15) is 0 Å². The maximum atomic E-state index is 13.8. The maximum absolute atomic E-state index is 13.8. The van der Waals surface area contributed by atoms with E-state index in [-0.39, 0.29) is 70.2 Å². The van der Waals surface area contributed by atoms with Crippen LogP contribution in [0.4, 0.5) is 0 Å². The van der Waals surface area contributed by atoms with Crippen molar-refractivity contribution in [3.63, 3.8) is 0 Å². The van der Waals surface area contributed by atoms with Crippen LogP contribution in [0.25, 0.3) is 11.1 Å². The van der Waals surface area contributed by atoms with Crippen LogP contribution in [0.15, 0.2) is 54.6 Å². The third-order valence-electron chi connectivity index (χ3n) is 8.43. The van der Waals surface area contributed by atoms with Crippen LogP contribution in [-0.4, -0.2) is 79.4 Å². The highest BCUT2D eigenvalue weighted by molar-refractivity contribution is 6.16. The van der Waals surface area contributed by atoms with Gasteiger partial charge in [0.05, 0.1) is 46.7 Å². The van der Waals surface area contributed by atoms with Crippen LogP contribution in [0.1, 0.15) is 44.3 Å². The first-order valence-electron chi connectivity index (χ1n) is 15.2. The molecule has 0 aliphatic heterocycles. The molecular formula is C37H40O12. The van der Waals surface area contributed by atoms with E-state index < -0.39 is 17.5 Å². The summed E-state index contributed by atoms with van der Waals surface area (Å²) in [7, 11) is 10.2. The molecule has 0 radical (unpaired) electrons. The van der Waals surface area contributed by atoms with E-state index in [4.69, 9.17) is 42.6 Å². The van der Waals surface area contributed by atoms with E-state index in [1.54, 1.807) is 54.6 Å². The van der Waals surface area contributed by atoms with Crippen molar-refractivity contribution in [3.05, 3.63) is 88.0 Å². The van der Waals surface area contributed by atoms with Gasteiger partial charge in [-0.05, 0) is 61.0 Å². The minimum Gasteiger partial charge on any atom is -0.496 e. The first-order valence-corrected chi connectivity index (χ1v) is 15.2. The molecule has 0 fully saturated rings. The number of rotatable bonds is 15. The minimum absolute atomic E-state index is 0.0863. The van der Waals surface area contributed by atoms with Crippen LogP contribution < -0.4 is 33.2 Å². The second kappa shape index (κ2) is 14.6. The number of carbonyl (C=O) groups is 1. The fourth-order valence-corrected chi connectivity index (χ4v) is 6.33. The van der Waals surface area contributed by atoms with Gasteiger partial charge in [-0.15, -0.1) is 0 Å². The lowest BCUT2D eigenvalue weighted by atomic mass is 9.66. The molecule has 0 spiro atoms. The van der Waals surface area contributed by atoms with Crippen LogP contribution in [0, 0.1) is 6.92 Å². The number of fused-ring (bicyclic) bond motifs is 1. The Balaban J connectivity index is 1.85. The van der Waals surface area contributed by atoms with Crippen molar-refractivity contribution < 1.29 is 57.6 Å². The highest BCUT2D eigenvalue weighted by Crippen LogP contribution is 2.57. The van der Waals surface area contributed by atoms with Gasteiger partial charge in [-0.25, -0.2) is 0 Å². The maximum Gasteiger partial charge on any atom is 0.204 e. The lowest BCUT2D eigenvalue weighted by molar-refractivity contribution is 0.0353. The number of aryl methyl sites for hydroxylation is 1. The molecule has 5 rings (SSSR count). The monoisotopic (exact) mass is 676 g/mol. The van der Waals surface area contributed by atoms with Crippen molar-refractivity contribution in [2.45, 2.75) is 18.6 Å². The standard InChI is InChI=1S/C37H40O12/c1-20-16-21-33(28(17-20)46-7)37(40,36(21)39)22-12-13-25(45-6)32(35(22)47-8)30-23(43-4)14-15-24(44-5)31(30)34(38)29-26(48-18-41-2)10-9-11-27(29)49-19-42-3/h9-17,34,38,40H,18-19H2,1-8H3/t34-,37+/m0/s1. The Morgan fingerprint density at radius 3 is 1.76 bits per heavy atom. The highest BCUT2D eigenvalue weighted by atomic mass is 16.7. The predicted octanol–water partition coefficient (Wildman–Crippen LogP) is 5.18. The van der Waals surface area contributed by atoms with E-state index >= 15 is 0 Å². The number of Topliss-reactive ketones (excluding diaryl/α,β-unsaturated/α-hetero) is 1. The summed E-state index contributed by atoms with van der Waals surface area (Å²) in [4.78, 5) is 13.8. The van der Waals surface area contributed by atoms with Crippen molar-refractivity contribution in [2.75, 3.05) is 63.4 Å². The molecule has 0 heterocycles. The quantitative estimate of drug-likeness (QED) is 0.160. The Morgan fingerprint density at radius 1 is 0.653 bits per heavy atom. The van der Waals surface area contributed by atoms with E-state index in [0.29, 0.717) is 22.6 Å². The van der Waals surface area contributed by atoms with Gasteiger partial charge in [0.25, 0.3) is 0 Å². The molecule has 0 amide bonds. The molecule has 12 nitrogen and oxygen atoms in total. The summed E-state index contributed by atoms with van der Waals surface area (Å²) in [6.07, 6.45) is -1.49. The number of methoxy groups -OCH3 is 7. The van der Waals surface area contributed by atoms with E-state index in [2.05, 4.69) is 0 Å². The smallest absolute Gasteiger partial charge is 0.204 e. The number of hydrogen-bond donors (Lipinski definition) is 2. The summed E-state index contributed by atoms with van der Waals surface area (Å²) in [5, 5.41) is 24.7. The molecule has 12 heteroatoms. The zero-order valence-electron chi connectivity index (χ0n) is 28.7. The van der Waals surface area contributed by atoms with Crippen molar-refractivity contribution in [2.24, 2.45) is 0 Å². The molecule has 4 aromatic rings. The summed E-state index contributed by atoms with van der Waals surface area (Å²) in [6.45, 7) is 1.61. The zero-order chi connectivity index (χ0) is 35.5. The van der Waals surface area contributed by atoms with Gasteiger partial charge in [-0.1, -0.05) is 6.07 Å². The van der Waals surface area contributed by atoms with Crippen LogP contribution in [-0.2, 0) is 15.1 Å². The van der Waals surface area contributed by atoms with Crippen LogP contribution in [0.3, 0.4) is 0 Å². The molecule has 2 atom stereocenters. The van der Waals surface area contributed by atoms with Crippen LogP contribution in [0.5, 0.6) is 40.2 Å². The first-order chi connectivity index (χ1) is 23.7. The molecule has 2 N–H and O–H groups in total. The van der Waals surface area contributed by atoms with Gasteiger partial charge in [0.2, 0.25) is 5.78 Å². The molecule has 260 valence electrons. The number of hydrogen-bond acceptors (Lipinski definition) is 12. The number of carbonyl (C=O) groups excluding carboxylic acids is 1. The summed E-state index contributed by atoms with van der Waals surface area (Å²) >= 11 is 0. The Kier molecular flexibility index (Phi) is 10.5. The largest absolute Gasteiger partial charge is 0.496 e. The van der Waals surface area contributed by atoms with Gasteiger partial charge in [0.15, 0.2) is 19.2 Å². The average molecular weight is 677 g/mol. The Hall–Kier alpha value is -5.01. The Morgan fingerprint density at radius 2 is 1.20 bits per heavy atom. The van der Waals surface area contributed by atoms with Gasteiger partial charge < -0.3 is 52.8 Å². The van der Waals surface area contributed by atoms with Crippen molar-refractivity contribution in [1.82, 2.24) is 0 Å². The molecule has 0 saturated heterocycles. The second-order valence-electron chi connectivity index (χ2n) is 11.1. The van der Waals surface area contributed by atoms with Crippen molar-refractivity contribution in [1.29, 1.82) is 0 Å². The topological polar surface area (TPSA) is 141 Å². The number of benzene rings is 4. The molecule has 1 aliphatic carbocycles. The SMILES string of the molecule is COCOc1cccc(OCOC)c1[C@H](O)c1c(OC)ccc(OC)c1-c1c(OC)ccc([C@]2(O)C(=O)c3cc(C)cc(OC)c32)c1OC.